The number of hydrogen-bond donors (Lipinski definition) is 3. The molecule has 0 aromatic rings. The minimum Gasteiger partial charge on any atom is -0.462 e. The number of esters is 4. The number of rotatable bonds is 70. The first kappa shape index (κ1) is 90.1. The van der Waals surface area contributed by atoms with Crippen LogP contribution in [-0.2, 0) is 65.4 Å². The molecule has 17 nitrogen and oxygen atoms in total. The average Bonchev–Trinajstić information content (AvgIpc) is 1.89. The van der Waals surface area contributed by atoms with Gasteiger partial charge >= 0.3 is 39.5 Å². The van der Waals surface area contributed by atoms with Crippen LogP contribution in [0.1, 0.15) is 364 Å². The SMILES string of the molecule is CCC(C)CCCCCCCCC(=O)OC[C@H](COP(=O)(O)OC[C@H](O)COP(=O)(O)OC[C@@H](COC(=O)CCCCCCCCCCCCCCC(C)C)OC(=O)CCCCCCCCCCCCCCC(C)C)OC(=O)CCCCCCCCCCCC(C)C. The number of phosphoric acid groups is 2. The standard InChI is InChI=1S/C73H142O17P2/c1-9-66(8)52-44-36-31-32-38-46-54-71(76)84-60-69(90-73(78)56-48-40-30-24-18-21-27-35-43-51-65(6)7)62-88-92(81,82)86-58-67(74)57-85-91(79,80)87-61-68(89-72(77)55-47-39-29-23-17-13-11-15-20-26-34-42-50-64(4)5)59-83-70(75)53-45-37-28-22-16-12-10-14-19-25-33-41-49-63(2)3/h63-69,74H,9-62H2,1-8H3,(H,79,80)(H,81,82)/t66?,67-,68-,69-/m1/s1. The Hall–Kier alpha value is -1.94. The summed E-state index contributed by atoms with van der Waals surface area (Å²) in [6, 6.07) is 0. The first-order chi connectivity index (χ1) is 44.1. The van der Waals surface area contributed by atoms with E-state index >= 15 is 0 Å². The molecule has 0 radical (unpaired) electrons. The summed E-state index contributed by atoms with van der Waals surface area (Å²) in [6.45, 7) is 14.1. The maximum atomic E-state index is 13.1. The van der Waals surface area contributed by atoms with Gasteiger partial charge in [-0.05, 0) is 49.4 Å². The quantitative estimate of drug-likeness (QED) is 0.0222. The summed E-state index contributed by atoms with van der Waals surface area (Å²) in [5, 5.41) is 10.6. The Kier molecular flexibility index (Phi) is 61.3. The second-order valence-corrected chi connectivity index (χ2v) is 30.9. The molecule has 92 heavy (non-hydrogen) atoms. The van der Waals surface area contributed by atoms with Crippen molar-refractivity contribution in [3.63, 3.8) is 0 Å². The topological polar surface area (TPSA) is 237 Å². The van der Waals surface area contributed by atoms with Gasteiger partial charge < -0.3 is 33.8 Å². The van der Waals surface area contributed by atoms with E-state index in [1.807, 2.05) is 0 Å². The third-order valence-electron chi connectivity index (χ3n) is 17.2. The van der Waals surface area contributed by atoms with Crippen LogP contribution in [0.5, 0.6) is 0 Å². The minimum absolute atomic E-state index is 0.104. The lowest BCUT2D eigenvalue weighted by atomic mass is 10.00. The molecule has 0 aliphatic heterocycles. The van der Waals surface area contributed by atoms with Crippen LogP contribution in [0.25, 0.3) is 0 Å². The maximum Gasteiger partial charge on any atom is 0.472 e. The van der Waals surface area contributed by atoms with Crippen molar-refractivity contribution in [3.05, 3.63) is 0 Å². The van der Waals surface area contributed by atoms with Crippen LogP contribution in [0, 0.1) is 23.7 Å². The number of ether oxygens (including phenoxy) is 4. The number of carbonyl (C=O) groups is 4. The zero-order valence-electron chi connectivity index (χ0n) is 60.2. The van der Waals surface area contributed by atoms with Gasteiger partial charge in [-0.3, -0.25) is 37.3 Å². The van der Waals surface area contributed by atoms with Gasteiger partial charge in [0.2, 0.25) is 0 Å². The van der Waals surface area contributed by atoms with Crippen molar-refractivity contribution < 1.29 is 80.2 Å². The largest absolute Gasteiger partial charge is 0.472 e. The fourth-order valence-corrected chi connectivity index (χ4v) is 12.6. The van der Waals surface area contributed by atoms with Gasteiger partial charge in [-0.1, -0.05) is 312 Å². The van der Waals surface area contributed by atoms with Gasteiger partial charge in [0.15, 0.2) is 12.2 Å². The Morgan fingerprint density at radius 1 is 0.304 bits per heavy atom. The van der Waals surface area contributed by atoms with E-state index in [2.05, 4.69) is 55.4 Å². The van der Waals surface area contributed by atoms with E-state index in [0.717, 1.165) is 120 Å². The monoisotopic (exact) mass is 1350 g/mol. The van der Waals surface area contributed by atoms with Crippen LogP contribution in [-0.4, -0.2) is 96.7 Å². The highest BCUT2D eigenvalue weighted by atomic mass is 31.2. The summed E-state index contributed by atoms with van der Waals surface area (Å²) < 4.78 is 68.4. The maximum absolute atomic E-state index is 13.1. The minimum atomic E-state index is -4.96. The molecular weight excluding hydrogens is 1210 g/mol. The highest BCUT2D eigenvalue weighted by molar-refractivity contribution is 7.47. The second kappa shape index (κ2) is 62.6. The number of phosphoric ester groups is 2. The van der Waals surface area contributed by atoms with Crippen LogP contribution in [0.2, 0.25) is 0 Å². The van der Waals surface area contributed by atoms with E-state index in [1.54, 1.807) is 0 Å². The number of unbranched alkanes of at least 4 members (excludes halogenated alkanes) is 35. The normalized spacial score (nSPS) is 14.5. The van der Waals surface area contributed by atoms with Crippen LogP contribution >= 0.6 is 15.6 Å². The summed E-state index contributed by atoms with van der Waals surface area (Å²) in [6.07, 6.45) is 45.8. The van der Waals surface area contributed by atoms with E-state index < -0.39 is 97.5 Å². The molecule has 0 amide bonds. The predicted molar refractivity (Wildman–Crippen MR) is 372 cm³/mol. The molecule has 546 valence electrons. The van der Waals surface area contributed by atoms with Gasteiger partial charge in [0, 0.05) is 25.7 Å². The van der Waals surface area contributed by atoms with E-state index in [4.69, 9.17) is 37.0 Å². The third kappa shape index (κ3) is 65.4. The Morgan fingerprint density at radius 2 is 0.522 bits per heavy atom. The van der Waals surface area contributed by atoms with Gasteiger partial charge in [0.1, 0.15) is 19.3 Å². The summed E-state index contributed by atoms with van der Waals surface area (Å²) in [5.41, 5.74) is 0. The Bertz CT molecular complexity index is 1820. The number of aliphatic hydroxyl groups excluding tert-OH is 1. The summed E-state index contributed by atoms with van der Waals surface area (Å²) in [4.78, 5) is 72.7. The van der Waals surface area contributed by atoms with Crippen LogP contribution in [0.4, 0.5) is 0 Å². The molecule has 0 saturated carbocycles. The summed E-state index contributed by atoms with van der Waals surface area (Å²) in [7, 11) is -9.91. The van der Waals surface area contributed by atoms with E-state index in [9.17, 15) is 43.2 Å². The molecule has 0 aromatic carbocycles. The molecule has 0 heterocycles. The van der Waals surface area contributed by atoms with Gasteiger partial charge in [-0.25, -0.2) is 9.13 Å². The van der Waals surface area contributed by atoms with Gasteiger partial charge in [0.05, 0.1) is 26.4 Å². The first-order valence-electron chi connectivity index (χ1n) is 37.7. The molecule has 19 heteroatoms. The lowest BCUT2D eigenvalue weighted by Gasteiger charge is -2.21. The zero-order valence-corrected chi connectivity index (χ0v) is 62.0. The van der Waals surface area contributed by atoms with Crippen LogP contribution < -0.4 is 0 Å². The second-order valence-electron chi connectivity index (χ2n) is 28.0. The molecule has 0 aliphatic rings. The van der Waals surface area contributed by atoms with E-state index in [1.165, 1.54) is 161 Å². The predicted octanol–water partition coefficient (Wildman–Crippen LogP) is 20.9. The molecule has 0 fully saturated rings. The average molecular weight is 1350 g/mol. The Morgan fingerprint density at radius 3 is 0.772 bits per heavy atom. The first-order valence-corrected chi connectivity index (χ1v) is 40.7. The van der Waals surface area contributed by atoms with Crippen molar-refractivity contribution in [2.24, 2.45) is 23.7 Å². The Labute approximate surface area is 562 Å². The van der Waals surface area contributed by atoms with Crippen molar-refractivity contribution in [3.8, 4) is 0 Å². The molecule has 0 rings (SSSR count). The fourth-order valence-electron chi connectivity index (χ4n) is 11.0. The van der Waals surface area contributed by atoms with Gasteiger partial charge in [-0.15, -0.1) is 0 Å². The number of hydrogen-bond acceptors (Lipinski definition) is 15. The van der Waals surface area contributed by atoms with Crippen LogP contribution in [0.15, 0.2) is 0 Å². The lowest BCUT2D eigenvalue weighted by Crippen LogP contribution is -2.30. The molecule has 0 saturated heterocycles. The zero-order chi connectivity index (χ0) is 68.2. The highest BCUT2D eigenvalue weighted by Crippen LogP contribution is 2.45. The Balaban J connectivity index is 5.26. The number of carbonyl (C=O) groups excluding carboxylic acids is 4. The molecule has 0 spiro atoms. The fraction of sp³-hybridized carbons (Fsp3) is 0.945. The van der Waals surface area contributed by atoms with Crippen LogP contribution in [0.3, 0.4) is 0 Å². The highest BCUT2D eigenvalue weighted by Gasteiger charge is 2.30. The molecule has 0 aliphatic carbocycles. The van der Waals surface area contributed by atoms with Crippen molar-refractivity contribution >= 4 is 39.5 Å². The van der Waals surface area contributed by atoms with E-state index in [-0.39, 0.29) is 25.7 Å². The molecule has 3 unspecified atom stereocenters. The lowest BCUT2D eigenvalue weighted by molar-refractivity contribution is -0.161. The van der Waals surface area contributed by atoms with Gasteiger partial charge in [-0.2, -0.15) is 0 Å². The van der Waals surface area contributed by atoms with Gasteiger partial charge in [0.25, 0.3) is 0 Å². The molecule has 3 N–H and O–H groups in total. The van der Waals surface area contributed by atoms with Crippen molar-refractivity contribution in [1.82, 2.24) is 0 Å². The van der Waals surface area contributed by atoms with Crippen molar-refractivity contribution in [2.75, 3.05) is 39.6 Å². The molecule has 0 bridgehead atoms. The summed E-state index contributed by atoms with van der Waals surface area (Å²) in [5.74, 6) is 0.900. The summed E-state index contributed by atoms with van der Waals surface area (Å²) >= 11 is 0. The molecule has 0 aromatic heterocycles. The van der Waals surface area contributed by atoms with E-state index in [0.29, 0.717) is 25.7 Å². The van der Waals surface area contributed by atoms with Crippen molar-refractivity contribution in [2.45, 2.75) is 382 Å². The molecular formula is C73H142O17P2. The molecule has 6 atom stereocenters. The smallest absolute Gasteiger partial charge is 0.462 e. The number of aliphatic hydroxyl groups is 1. The third-order valence-corrected chi connectivity index (χ3v) is 19.1. The van der Waals surface area contributed by atoms with Crippen molar-refractivity contribution in [1.29, 1.82) is 0 Å².